The van der Waals surface area contributed by atoms with Crippen molar-refractivity contribution in [3.8, 4) is 0 Å². The molecular formula is C19H25ClF2N4O2S2. The zero-order chi connectivity index (χ0) is 21.6. The minimum Gasteiger partial charge on any atom is -0.384 e. The van der Waals surface area contributed by atoms with Crippen LogP contribution in [-0.4, -0.2) is 32.5 Å². The lowest BCUT2D eigenvalue weighted by molar-refractivity contribution is 0.511. The Bertz CT molecular complexity index is 950. The number of nitrogens with zero attached hydrogens (tertiary/aromatic N) is 1. The highest BCUT2D eigenvalue weighted by atomic mass is 35.5. The molecule has 0 saturated carbocycles. The summed E-state index contributed by atoms with van der Waals surface area (Å²) in [7, 11) is -4.27. The molecule has 6 nitrogen and oxygen atoms in total. The van der Waals surface area contributed by atoms with Gasteiger partial charge in [0, 0.05) is 12.6 Å². The summed E-state index contributed by atoms with van der Waals surface area (Å²) in [6, 6.07) is 2.77. The summed E-state index contributed by atoms with van der Waals surface area (Å²) in [6.45, 7) is 1.75. The Balaban J connectivity index is 1.47. The van der Waals surface area contributed by atoms with Crippen molar-refractivity contribution in [1.82, 2.24) is 10.3 Å². The summed E-state index contributed by atoms with van der Waals surface area (Å²) in [6.07, 6.45) is 8.93. The summed E-state index contributed by atoms with van der Waals surface area (Å²) < 4.78 is 54.2. The van der Waals surface area contributed by atoms with Gasteiger partial charge in [0.2, 0.25) is 0 Å². The normalized spacial score (nSPS) is 16.7. The van der Waals surface area contributed by atoms with E-state index in [1.807, 2.05) is 0 Å². The van der Waals surface area contributed by atoms with Gasteiger partial charge in [0.15, 0.2) is 10.3 Å². The zero-order valence-electron chi connectivity index (χ0n) is 16.4. The van der Waals surface area contributed by atoms with E-state index in [0.717, 1.165) is 44.1 Å². The van der Waals surface area contributed by atoms with Crippen LogP contribution in [-0.2, 0) is 10.0 Å². The zero-order valence-corrected chi connectivity index (χ0v) is 18.8. The molecule has 1 aliphatic rings. The Morgan fingerprint density at radius 3 is 2.73 bits per heavy atom. The fourth-order valence-electron chi connectivity index (χ4n) is 3.44. The van der Waals surface area contributed by atoms with Crippen LogP contribution in [0.5, 0.6) is 0 Å². The average Bonchev–Trinajstić information content (AvgIpc) is 3.34. The number of hydrogen-bond donors (Lipinski definition) is 3. The molecule has 2 aromatic rings. The van der Waals surface area contributed by atoms with Crippen molar-refractivity contribution in [3.63, 3.8) is 0 Å². The van der Waals surface area contributed by atoms with Crippen molar-refractivity contribution >= 4 is 43.8 Å². The number of hydrogen-bond acceptors (Lipinski definition) is 6. The van der Waals surface area contributed by atoms with E-state index in [1.165, 1.54) is 25.7 Å². The molecule has 0 bridgehead atoms. The SMILES string of the molecule is O=S(=O)(Nc1ncc(F)s1)c1cc(Cl)c(NCCCCCC[C@@H]2CCCN2)cc1F. The van der Waals surface area contributed by atoms with Crippen LogP contribution in [0.3, 0.4) is 0 Å². The third-order valence-corrected chi connectivity index (χ3v) is 7.46. The van der Waals surface area contributed by atoms with E-state index in [-0.39, 0.29) is 10.2 Å². The van der Waals surface area contributed by atoms with Crippen molar-refractivity contribution in [2.24, 2.45) is 0 Å². The lowest BCUT2D eigenvalue weighted by Crippen LogP contribution is -2.20. The minimum atomic E-state index is -4.27. The van der Waals surface area contributed by atoms with E-state index in [1.54, 1.807) is 0 Å². The number of rotatable bonds is 11. The Morgan fingerprint density at radius 2 is 2.03 bits per heavy atom. The van der Waals surface area contributed by atoms with Crippen molar-refractivity contribution in [3.05, 3.63) is 34.3 Å². The summed E-state index contributed by atoms with van der Waals surface area (Å²) >= 11 is 6.66. The summed E-state index contributed by atoms with van der Waals surface area (Å²) in [4.78, 5) is 2.95. The number of aromatic nitrogens is 1. The van der Waals surface area contributed by atoms with Crippen LogP contribution in [0, 0.1) is 10.9 Å². The molecule has 0 aliphatic carbocycles. The predicted molar refractivity (Wildman–Crippen MR) is 117 cm³/mol. The molecule has 30 heavy (non-hydrogen) atoms. The van der Waals surface area contributed by atoms with E-state index in [4.69, 9.17) is 11.6 Å². The molecule has 0 unspecified atom stereocenters. The topological polar surface area (TPSA) is 83.1 Å². The van der Waals surface area contributed by atoms with Gasteiger partial charge < -0.3 is 10.6 Å². The van der Waals surface area contributed by atoms with Crippen molar-refractivity contribution in [1.29, 1.82) is 0 Å². The van der Waals surface area contributed by atoms with Gasteiger partial charge in [-0.1, -0.05) is 42.2 Å². The van der Waals surface area contributed by atoms with Crippen molar-refractivity contribution in [2.45, 2.75) is 55.9 Å². The maximum atomic E-state index is 14.4. The number of halogens is 3. The molecule has 166 valence electrons. The van der Waals surface area contributed by atoms with Gasteiger partial charge >= 0.3 is 0 Å². The fourth-order valence-corrected chi connectivity index (χ4v) is 5.60. The number of anilines is 2. The highest BCUT2D eigenvalue weighted by Gasteiger charge is 2.23. The van der Waals surface area contributed by atoms with Crippen LogP contribution in [0.4, 0.5) is 19.6 Å². The van der Waals surface area contributed by atoms with E-state index >= 15 is 0 Å². The molecule has 1 saturated heterocycles. The summed E-state index contributed by atoms with van der Waals surface area (Å²) in [5.41, 5.74) is 0.337. The maximum absolute atomic E-state index is 14.4. The van der Waals surface area contributed by atoms with Crippen LogP contribution >= 0.6 is 22.9 Å². The molecule has 1 aliphatic heterocycles. The van der Waals surface area contributed by atoms with E-state index in [9.17, 15) is 17.2 Å². The lowest BCUT2D eigenvalue weighted by Gasteiger charge is -2.12. The lowest BCUT2D eigenvalue weighted by atomic mass is 10.1. The number of thiazole rings is 1. The van der Waals surface area contributed by atoms with Crippen LogP contribution < -0.4 is 15.4 Å². The first-order valence-electron chi connectivity index (χ1n) is 9.95. The van der Waals surface area contributed by atoms with Gasteiger partial charge in [-0.05, 0) is 44.4 Å². The molecule has 1 atom stereocenters. The van der Waals surface area contributed by atoms with Gasteiger partial charge in [-0.15, -0.1) is 0 Å². The third kappa shape index (κ3) is 6.50. The van der Waals surface area contributed by atoms with Gasteiger partial charge in [0.05, 0.1) is 16.9 Å². The Kier molecular flexibility index (Phi) is 8.27. The number of nitrogens with one attached hydrogen (secondary N) is 3. The average molecular weight is 479 g/mol. The molecule has 0 spiro atoms. The first-order chi connectivity index (χ1) is 14.3. The second-order valence-corrected chi connectivity index (χ2v) is 10.3. The maximum Gasteiger partial charge on any atom is 0.266 e. The molecule has 1 aromatic carbocycles. The van der Waals surface area contributed by atoms with E-state index in [2.05, 4.69) is 20.3 Å². The van der Waals surface area contributed by atoms with Gasteiger partial charge in [-0.3, -0.25) is 4.72 Å². The summed E-state index contributed by atoms with van der Waals surface area (Å²) in [5, 5.41) is 5.80. The number of sulfonamides is 1. The molecule has 11 heteroatoms. The van der Waals surface area contributed by atoms with Crippen LogP contribution in [0.15, 0.2) is 23.2 Å². The van der Waals surface area contributed by atoms with Crippen LogP contribution in [0.2, 0.25) is 5.02 Å². The number of unbranched alkanes of at least 4 members (excludes halogenated alkanes) is 3. The third-order valence-electron chi connectivity index (χ3n) is 4.97. The van der Waals surface area contributed by atoms with Gasteiger partial charge in [-0.25, -0.2) is 17.8 Å². The predicted octanol–water partition coefficient (Wildman–Crippen LogP) is 4.99. The highest BCUT2D eigenvalue weighted by molar-refractivity contribution is 7.93. The fraction of sp³-hybridized carbons (Fsp3) is 0.526. The van der Waals surface area contributed by atoms with Crippen molar-refractivity contribution < 1.29 is 17.2 Å². The second-order valence-electron chi connectivity index (χ2n) is 7.26. The molecule has 3 N–H and O–H groups in total. The van der Waals surface area contributed by atoms with Gasteiger partial charge in [-0.2, -0.15) is 4.39 Å². The molecule has 2 heterocycles. The first kappa shape index (κ1) is 23.2. The molecule has 3 rings (SSSR count). The first-order valence-corrected chi connectivity index (χ1v) is 12.6. The van der Waals surface area contributed by atoms with Gasteiger partial charge in [0.25, 0.3) is 10.0 Å². The molecule has 0 amide bonds. The van der Waals surface area contributed by atoms with Crippen molar-refractivity contribution in [2.75, 3.05) is 23.1 Å². The van der Waals surface area contributed by atoms with Gasteiger partial charge in [0.1, 0.15) is 10.7 Å². The molecule has 1 fully saturated rings. The van der Waals surface area contributed by atoms with Crippen LogP contribution in [0.25, 0.3) is 0 Å². The van der Waals surface area contributed by atoms with Crippen LogP contribution in [0.1, 0.15) is 44.9 Å². The quantitative estimate of drug-likeness (QED) is 0.396. The molecule has 0 radical (unpaired) electrons. The second kappa shape index (κ2) is 10.7. The monoisotopic (exact) mass is 478 g/mol. The van der Waals surface area contributed by atoms with E-state index < -0.39 is 25.9 Å². The number of benzene rings is 1. The Morgan fingerprint density at radius 1 is 1.23 bits per heavy atom. The molecule has 1 aromatic heterocycles. The molecular weight excluding hydrogens is 454 g/mol. The Hall–Kier alpha value is -1.49. The highest BCUT2D eigenvalue weighted by Crippen LogP contribution is 2.30. The summed E-state index contributed by atoms with van der Waals surface area (Å²) in [5.74, 6) is -0.949. The smallest absolute Gasteiger partial charge is 0.266 e. The Labute approximate surface area is 184 Å². The van der Waals surface area contributed by atoms with E-state index in [0.29, 0.717) is 29.6 Å². The minimum absolute atomic E-state index is 0.0920. The largest absolute Gasteiger partial charge is 0.384 e. The standard InChI is InChI=1S/C19H25ClF2N4O2S2/c20-14-10-17(30(27,28)26-19-25-12-18(22)29-19)15(21)11-16(14)24-8-4-2-1-3-6-13-7-5-9-23-13/h10-13,23-24H,1-9H2,(H,25,26)/t13-/m1/s1.